The monoisotopic (exact) mass is 287 g/mol. The smallest absolute Gasteiger partial charge is 0.125 e. The molecule has 2 heterocycles. The molecule has 112 valence electrons. The van der Waals surface area contributed by atoms with Gasteiger partial charge < -0.3 is 4.90 Å². The number of likely N-dealkylation sites (tertiary alicyclic amines) is 1. The van der Waals surface area contributed by atoms with Gasteiger partial charge in [0, 0.05) is 43.0 Å². The Labute approximate surface area is 125 Å². The van der Waals surface area contributed by atoms with Crippen LogP contribution >= 0.6 is 0 Å². The molecule has 21 heavy (non-hydrogen) atoms. The lowest BCUT2D eigenvalue weighted by atomic mass is 10.1. The molecule has 1 unspecified atom stereocenters. The Kier molecular flexibility index (Phi) is 4.06. The number of halogens is 1. The SMILES string of the molecule is CCN1CCCC1CN(C)c1ccnc2cc(F)ccc12. The maximum Gasteiger partial charge on any atom is 0.125 e. The van der Waals surface area contributed by atoms with Crippen LogP contribution in [0.25, 0.3) is 10.9 Å². The van der Waals surface area contributed by atoms with Crippen molar-refractivity contribution < 1.29 is 4.39 Å². The van der Waals surface area contributed by atoms with Gasteiger partial charge in [-0.25, -0.2) is 4.39 Å². The zero-order valence-corrected chi connectivity index (χ0v) is 12.7. The topological polar surface area (TPSA) is 19.4 Å². The number of rotatable bonds is 4. The van der Waals surface area contributed by atoms with E-state index in [2.05, 4.69) is 28.8 Å². The van der Waals surface area contributed by atoms with Crippen LogP contribution in [0.2, 0.25) is 0 Å². The molecule has 1 aliphatic rings. The minimum absolute atomic E-state index is 0.234. The number of fused-ring (bicyclic) bond motifs is 1. The molecule has 3 nitrogen and oxygen atoms in total. The molecule has 0 aliphatic carbocycles. The first-order chi connectivity index (χ1) is 10.2. The molecule has 0 spiro atoms. The highest BCUT2D eigenvalue weighted by Gasteiger charge is 2.24. The maximum atomic E-state index is 13.3. The van der Waals surface area contributed by atoms with E-state index in [0.717, 1.165) is 29.7 Å². The minimum Gasteiger partial charge on any atom is -0.372 e. The van der Waals surface area contributed by atoms with Crippen LogP contribution in [-0.4, -0.2) is 42.6 Å². The highest BCUT2D eigenvalue weighted by Crippen LogP contribution is 2.27. The largest absolute Gasteiger partial charge is 0.372 e. The molecule has 0 radical (unpaired) electrons. The summed E-state index contributed by atoms with van der Waals surface area (Å²) in [6.45, 7) is 5.55. The maximum absolute atomic E-state index is 13.3. The molecule has 1 aromatic carbocycles. The van der Waals surface area contributed by atoms with Gasteiger partial charge in [0.1, 0.15) is 5.82 Å². The van der Waals surface area contributed by atoms with Crippen molar-refractivity contribution >= 4 is 16.6 Å². The molecule has 0 N–H and O–H groups in total. The van der Waals surface area contributed by atoms with E-state index in [1.54, 1.807) is 6.20 Å². The van der Waals surface area contributed by atoms with E-state index in [9.17, 15) is 4.39 Å². The van der Waals surface area contributed by atoms with Gasteiger partial charge in [0.15, 0.2) is 0 Å². The lowest BCUT2D eigenvalue weighted by Crippen LogP contribution is -2.38. The van der Waals surface area contributed by atoms with Crippen LogP contribution in [-0.2, 0) is 0 Å². The van der Waals surface area contributed by atoms with Crippen molar-refractivity contribution in [1.29, 1.82) is 0 Å². The molecule has 4 heteroatoms. The second-order valence-electron chi connectivity index (χ2n) is 5.80. The van der Waals surface area contributed by atoms with Gasteiger partial charge in [-0.3, -0.25) is 9.88 Å². The van der Waals surface area contributed by atoms with Crippen LogP contribution in [0.4, 0.5) is 10.1 Å². The first-order valence-corrected chi connectivity index (χ1v) is 7.68. The Bertz CT molecular complexity index is 628. The molecular formula is C17H22FN3. The van der Waals surface area contributed by atoms with Gasteiger partial charge in [-0.2, -0.15) is 0 Å². The first-order valence-electron chi connectivity index (χ1n) is 7.68. The summed E-state index contributed by atoms with van der Waals surface area (Å²) in [5.41, 5.74) is 1.85. The Morgan fingerprint density at radius 3 is 3.05 bits per heavy atom. The van der Waals surface area contributed by atoms with E-state index in [4.69, 9.17) is 0 Å². The Hall–Kier alpha value is -1.68. The highest BCUT2D eigenvalue weighted by atomic mass is 19.1. The summed E-state index contributed by atoms with van der Waals surface area (Å²) in [6.07, 6.45) is 4.31. The van der Waals surface area contributed by atoms with Gasteiger partial charge in [-0.05, 0) is 44.1 Å². The molecule has 3 rings (SSSR count). The fraction of sp³-hybridized carbons (Fsp3) is 0.471. The Morgan fingerprint density at radius 2 is 2.24 bits per heavy atom. The summed E-state index contributed by atoms with van der Waals surface area (Å²) in [5.74, 6) is -0.234. The number of aromatic nitrogens is 1. The Morgan fingerprint density at radius 1 is 1.38 bits per heavy atom. The molecule has 1 atom stereocenters. The molecule has 1 fully saturated rings. The van der Waals surface area contributed by atoms with E-state index in [-0.39, 0.29) is 5.82 Å². The number of anilines is 1. The number of likely N-dealkylation sites (N-methyl/N-ethyl adjacent to an activating group) is 2. The highest BCUT2D eigenvalue weighted by molar-refractivity contribution is 5.91. The van der Waals surface area contributed by atoms with Crippen molar-refractivity contribution in [2.24, 2.45) is 0 Å². The Balaban J connectivity index is 1.86. The third-order valence-corrected chi connectivity index (χ3v) is 4.48. The fourth-order valence-electron chi connectivity index (χ4n) is 3.37. The van der Waals surface area contributed by atoms with Crippen LogP contribution in [0.5, 0.6) is 0 Å². The predicted octanol–water partition coefficient (Wildman–Crippen LogP) is 3.29. The van der Waals surface area contributed by atoms with E-state index in [1.807, 2.05) is 12.1 Å². The average molecular weight is 287 g/mol. The molecule has 2 aromatic rings. The second kappa shape index (κ2) is 5.98. The van der Waals surface area contributed by atoms with Crippen LogP contribution < -0.4 is 4.90 Å². The van der Waals surface area contributed by atoms with Crippen LogP contribution in [0.3, 0.4) is 0 Å². The fourth-order valence-corrected chi connectivity index (χ4v) is 3.37. The van der Waals surface area contributed by atoms with Crippen molar-refractivity contribution in [1.82, 2.24) is 9.88 Å². The summed E-state index contributed by atoms with van der Waals surface area (Å²) in [5, 5.41) is 1.02. The number of benzene rings is 1. The lowest BCUT2D eigenvalue weighted by molar-refractivity contribution is 0.271. The van der Waals surface area contributed by atoms with Crippen molar-refractivity contribution in [3.05, 3.63) is 36.3 Å². The van der Waals surface area contributed by atoms with Crippen molar-refractivity contribution in [3.63, 3.8) is 0 Å². The average Bonchev–Trinajstić information content (AvgIpc) is 2.93. The van der Waals surface area contributed by atoms with Crippen molar-refractivity contribution in [3.8, 4) is 0 Å². The lowest BCUT2D eigenvalue weighted by Gasteiger charge is -2.29. The summed E-state index contributed by atoms with van der Waals surface area (Å²) in [4.78, 5) is 9.09. The molecule has 1 saturated heterocycles. The predicted molar refractivity (Wildman–Crippen MR) is 85.2 cm³/mol. The first kappa shape index (κ1) is 14.3. The van der Waals surface area contributed by atoms with Gasteiger partial charge in [-0.1, -0.05) is 6.92 Å². The minimum atomic E-state index is -0.234. The summed E-state index contributed by atoms with van der Waals surface area (Å²) in [7, 11) is 2.12. The number of nitrogens with zero attached hydrogens (tertiary/aromatic N) is 3. The van der Waals surface area contributed by atoms with Gasteiger partial charge in [0.05, 0.1) is 5.52 Å². The zero-order valence-electron chi connectivity index (χ0n) is 12.7. The third-order valence-electron chi connectivity index (χ3n) is 4.48. The van der Waals surface area contributed by atoms with Gasteiger partial charge in [0.25, 0.3) is 0 Å². The summed E-state index contributed by atoms with van der Waals surface area (Å²) in [6, 6.07) is 7.47. The second-order valence-corrected chi connectivity index (χ2v) is 5.80. The normalized spacial score (nSPS) is 19.3. The summed E-state index contributed by atoms with van der Waals surface area (Å²) >= 11 is 0. The molecule has 1 aliphatic heterocycles. The van der Waals surface area contributed by atoms with Crippen LogP contribution in [0.1, 0.15) is 19.8 Å². The quantitative estimate of drug-likeness (QED) is 0.860. The van der Waals surface area contributed by atoms with Gasteiger partial charge in [-0.15, -0.1) is 0 Å². The molecule has 0 bridgehead atoms. The molecule has 0 saturated carbocycles. The number of hydrogen-bond acceptors (Lipinski definition) is 3. The van der Waals surface area contributed by atoms with Gasteiger partial charge >= 0.3 is 0 Å². The van der Waals surface area contributed by atoms with E-state index < -0.39 is 0 Å². The zero-order chi connectivity index (χ0) is 14.8. The molecular weight excluding hydrogens is 265 g/mol. The van der Waals surface area contributed by atoms with E-state index >= 15 is 0 Å². The number of hydrogen-bond donors (Lipinski definition) is 0. The van der Waals surface area contributed by atoms with E-state index in [1.165, 1.54) is 31.5 Å². The van der Waals surface area contributed by atoms with Crippen molar-refractivity contribution in [2.45, 2.75) is 25.8 Å². The third kappa shape index (κ3) is 2.86. The van der Waals surface area contributed by atoms with Crippen LogP contribution in [0.15, 0.2) is 30.5 Å². The van der Waals surface area contributed by atoms with Crippen molar-refractivity contribution in [2.75, 3.05) is 31.6 Å². The van der Waals surface area contributed by atoms with Crippen LogP contribution in [0, 0.1) is 5.82 Å². The molecule has 0 amide bonds. The van der Waals surface area contributed by atoms with E-state index in [0.29, 0.717) is 6.04 Å². The summed E-state index contributed by atoms with van der Waals surface area (Å²) < 4.78 is 13.3. The number of pyridine rings is 1. The standard InChI is InChI=1S/C17H22FN3/c1-3-21-10-4-5-14(21)12-20(2)17-8-9-19-16-11-13(18)6-7-15(16)17/h6-9,11,14H,3-5,10,12H2,1-2H3. The molecule has 1 aromatic heterocycles. The van der Waals surface area contributed by atoms with Gasteiger partial charge in [0.2, 0.25) is 0 Å².